The van der Waals surface area contributed by atoms with Gasteiger partial charge in [-0.05, 0) is 53.3 Å². The molecule has 1 aliphatic rings. The number of rotatable bonds is 10. The summed E-state index contributed by atoms with van der Waals surface area (Å²) in [6, 6.07) is 17.8. The molecule has 0 aromatic heterocycles. The molecule has 3 aromatic carbocycles. The van der Waals surface area contributed by atoms with Crippen LogP contribution in [0.5, 0.6) is 5.75 Å². The number of hydrogen-bond donors (Lipinski definition) is 0. The first kappa shape index (κ1) is 23.8. The van der Waals surface area contributed by atoms with Crippen molar-refractivity contribution in [1.82, 2.24) is 0 Å². The van der Waals surface area contributed by atoms with Gasteiger partial charge in [-0.1, -0.05) is 107 Å². The lowest BCUT2D eigenvalue weighted by Gasteiger charge is -2.28. The SMILES string of the molecule is CCCCCCC1CCC(CCc2ccc3c(F)c(-c4ccc(OC)cc4)ccc3c2)CC1. The second-order valence-corrected chi connectivity index (χ2v) is 9.99. The minimum absolute atomic E-state index is 0.138. The minimum atomic E-state index is -0.138. The molecule has 1 saturated carbocycles. The van der Waals surface area contributed by atoms with Gasteiger partial charge >= 0.3 is 0 Å². The molecule has 4 rings (SSSR count). The van der Waals surface area contributed by atoms with Crippen molar-refractivity contribution in [1.29, 1.82) is 0 Å². The Morgan fingerprint density at radius 1 is 0.818 bits per heavy atom. The van der Waals surface area contributed by atoms with Gasteiger partial charge in [-0.15, -0.1) is 0 Å². The van der Waals surface area contributed by atoms with Crippen LogP contribution >= 0.6 is 0 Å². The van der Waals surface area contributed by atoms with Crippen LogP contribution in [0.1, 0.15) is 76.7 Å². The zero-order valence-corrected chi connectivity index (χ0v) is 20.4. The van der Waals surface area contributed by atoms with Crippen molar-refractivity contribution < 1.29 is 9.13 Å². The second-order valence-electron chi connectivity index (χ2n) is 9.99. The van der Waals surface area contributed by atoms with Gasteiger partial charge in [0.05, 0.1) is 7.11 Å². The fourth-order valence-corrected chi connectivity index (χ4v) is 5.53. The Morgan fingerprint density at radius 3 is 2.24 bits per heavy atom. The van der Waals surface area contributed by atoms with Gasteiger partial charge in [0.15, 0.2) is 0 Å². The lowest BCUT2D eigenvalue weighted by Crippen LogP contribution is -2.15. The highest BCUT2D eigenvalue weighted by Crippen LogP contribution is 2.35. The number of aryl methyl sites for hydroxylation is 1. The van der Waals surface area contributed by atoms with E-state index >= 15 is 4.39 Å². The highest BCUT2D eigenvalue weighted by atomic mass is 19.1. The van der Waals surface area contributed by atoms with Crippen molar-refractivity contribution in [3.8, 4) is 16.9 Å². The summed E-state index contributed by atoms with van der Waals surface area (Å²) in [6.45, 7) is 2.29. The van der Waals surface area contributed by atoms with Crippen LogP contribution in [-0.4, -0.2) is 7.11 Å². The first-order valence-corrected chi connectivity index (χ1v) is 13.0. The summed E-state index contributed by atoms with van der Waals surface area (Å²) in [6.07, 6.45) is 15.0. The molecule has 0 atom stereocenters. The molecule has 0 bridgehead atoms. The highest BCUT2D eigenvalue weighted by Gasteiger charge is 2.20. The number of benzene rings is 3. The second kappa shape index (κ2) is 11.7. The maximum atomic E-state index is 15.3. The lowest BCUT2D eigenvalue weighted by molar-refractivity contribution is 0.249. The average Bonchev–Trinajstić information content (AvgIpc) is 2.86. The number of hydrogen-bond acceptors (Lipinski definition) is 1. The molecule has 0 saturated heterocycles. The van der Waals surface area contributed by atoms with Gasteiger partial charge in [0.2, 0.25) is 0 Å². The van der Waals surface area contributed by atoms with Gasteiger partial charge in [0, 0.05) is 10.9 Å². The summed E-state index contributed by atoms with van der Waals surface area (Å²) < 4.78 is 20.5. The number of halogens is 1. The maximum Gasteiger partial charge on any atom is 0.138 e. The summed E-state index contributed by atoms with van der Waals surface area (Å²) in [5, 5.41) is 1.70. The Kier molecular flexibility index (Phi) is 8.42. The minimum Gasteiger partial charge on any atom is -0.497 e. The molecule has 3 aromatic rings. The van der Waals surface area contributed by atoms with E-state index in [0.717, 1.165) is 35.0 Å². The molecule has 0 amide bonds. The smallest absolute Gasteiger partial charge is 0.138 e. The Labute approximate surface area is 199 Å². The first-order valence-electron chi connectivity index (χ1n) is 13.0. The fourth-order valence-electron chi connectivity index (χ4n) is 5.53. The molecule has 0 N–H and O–H groups in total. The van der Waals surface area contributed by atoms with E-state index in [9.17, 15) is 0 Å². The van der Waals surface area contributed by atoms with Gasteiger partial charge in [-0.25, -0.2) is 4.39 Å². The molecule has 33 heavy (non-hydrogen) atoms. The van der Waals surface area contributed by atoms with E-state index in [0.29, 0.717) is 10.9 Å². The predicted molar refractivity (Wildman–Crippen MR) is 138 cm³/mol. The van der Waals surface area contributed by atoms with E-state index in [-0.39, 0.29) is 5.82 Å². The Balaban J connectivity index is 1.33. The predicted octanol–water partition coefficient (Wildman–Crippen LogP) is 9.36. The van der Waals surface area contributed by atoms with Crippen LogP contribution in [0.3, 0.4) is 0 Å². The summed E-state index contributed by atoms with van der Waals surface area (Å²) in [4.78, 5) is 0. The van der Waals surface area contributed by atoms with Crippen molar-refractivity contribution in [3.63, 3.8) is 0 Å². The molecule has 0 heterocycles. The Morgan fingerprint density at radius 2 is 1.55 bits per heavy atom. The Hall–Kier alpha value is -2.35. The van der Waals surface area contributed by atoms with Crippen molar-refractivity contribution in [2.75, 3.05) is 7.11 Å². The van der Waals surface area contributed by atoms with Gasteiger partial charge < -0.3 is 4.74 Å². The van der Waals surface area contributed by atoms with Crippen LogP contribution in [-0.2, 0) is 6.42 Å². The molecule has 0 spiro atoms. The molecule has 1 aliphatic carbocycles. The van der Waals surface area contributed by atoms with Gasteiger partial charge in [0.25, 0.3) is 0 Å². The Bertz CT molecular complexity index is 1020. The van der Waals surface area contributed by atoms with E-state index < -0.39 is 0 Å². The van der Waals surface area contributed by atoms with Crippen LogP contribution in [0.15, 0.2) is 54.6 Å². The zero-order chi connectivity index (χ0) is 23.0. The molecule has 1 nitrogen and oxygen atoms in total. The highest BCUT2D eigenvalue weighted by molar-refractivity contribution is 5.88. The van der Waals surface area contributed by atoms with E-state index in [1.54, 1.807) is 7.11 Å². The number of ether oxygens (including phenoxy) is 1. The molecular weight excluding hydrogens is 407 g/mol. The molecule has 176 valence electrons. The summed E-state index contributed by atoms with van der Waals surface area (Å²) in [5.74, 6) is 2.48. The third-order valence-electron chi connectivity index (χ3n) is 7.69. The standard InChI is InChI=1S/C31H39FO/c1-3-4-5-6-7-23-8-10-24(11-9-23)12-13-25-14-20-30-27(22-25)17-21-29(31(30)32)26-15-18-28(33-2)19-16-26/h14-24H,3-13H2,1-2H3. The normalized spacial score (nSPS) is 18.5. The van der Waals surface area contributed by atoms with Gasteiger partial charge in [-0.3, -0.25) is 0 Å². The van der Waals surface area contributed by atoms with E-state index in [1.165, 1.54) is 69.8 Å². The number of methoxy groups -OCH3 is 1. The van der Waals surface area contributed by atoms with Crippen molar-refractivity contribution in [2.45, 2.75) is 77.6 Å². The third-order valence-corrected chi connectivity index (χ3v) is 7.69. The topological polar surface area (TPSA) is 9.23 Å². The lowest BCUT2D eigenvalue weighted by atomic mass is 9.77. The zero-order valence-electron chi connectivity index (χ0n) is 20.4. The van der Waals surface area contributed by atoms with E-state index in [1.807, 2.05) is 36.4 Å². The summed E-state index contributed by atoms with van der Waals surface area (Å²) in [5.41, 5.74) is 2.85. The largest absolute Gasteiger partial charge is 0.497 e. The fraction of sp³-hybridized carbons (Fsp3) is 0.484. The first-order chi connectivity index (χ1) is 16.2. The molecule has 0 unspecified atom stereocenters. The average molecular weight is 447 g/mol. The maximum absolute atomic E-state index is 15.3. The quantitative estimate of drug-likeness (QED) is 0.282. The van der Waals surface area contributed by atoms with E-state index in [4.69, 9.17) is 4.74 Å². The van der Waals surface area contributed by atoms with Crippen LogP contribution in [0.25, 0.3) is 21.9 Å². The van der Waals surface area contributed by atoms with Gasteiger partial charge in [-0.2, -0.15) is 0 Å². The monoisotopic (exact) mass is 446 g/mol. The van der Waals surface area contributed by atoms with Gasteiger partial charge in [0.1, 0.15) is 11.6 Å². The number of fused-ring (bicyclic) bond motifs is 1. The van der Waals surface area contributed by atoms with Crippen molar-refractivity contribution in [3.05, 3.63) is 66.0 Å². The number of unbranched alkanes of at least 4 members (excludes halogenated alkanes) is 3. The summed E-state index contributed by atoms with van der Waals surface area (Å²) in [7, 11) is 1.64. The van der Waals surface area contributed by atoms with Crippen LogP contribution in [0.4, 0.5) is 4.39 Å². The molecule has 2 heteroatoms. The van der Waals surface area contributed by atoms with Crippen LogP contribution < -0.4 is 4.74 Å². The van der Waals surface area contributed by atoms with Crippen molar-refractivity contribution in [2.24, 2.45) is 11.8 Å². The van der Waals surface area contributed by atoms with Crippen LogP contribution in [0, 0.1) is 17.7 Å². The molecule has 1 fully saturated rings. The van der Waals surface area contributed by atoms with E-state index in [2.05, 4.69) is 25.1 Å². The summed E-state index contributed by atoms with van der Waals surface area (Å²) >= 11 is 0. The van der Waals surface area contributed by atoms with Crippen molar-refractivity contribution >= 4 is 10.8 Å². The van der Waals surface area contributed by atoms with Crippen LogP contribution in [0.2, 0.25) is 0 Å². The molecule has 0 radical (unpaired) electrons. The molecule has 0 aliphatic heterocycles. The third kappa shape index (κ3) is 6.16. The molecular formula is C31H39FO.